The molecule has 1 aromatic heterocycles. The third kappa shape index (κ3) is 4.94. The van der Waals surface area contributed by atoms with Crippen molar-refractivity contribution in [3.8, 4) is 0 Å². The summed E-state index contributed by atoms with van der Waals surface area (Å²) < 4.78 is 1.85. The number of carbonyl (C=O) groups is 1. The lowest BCUT2D eigenvalue weighted by molar-refractivity contribution is -0.0380. The molecule has 20 heavy (non-hydrogen) atoms. The van der Waals surface area contributed by atoms with Gasteiger partial charge in [-0.3, -0.25) is 14.7 Å². The lowest BCUT2D eigenvalue weighted by Crippen LogP contribution is -2.23. The van der Waals surface area contributed by atoms with Gasteiger partial charge in [-0.15, -0.1) is 0 Å². The quantitative estimate of drug-likeness (QED) is 0.634. The summed E-state index contributed by atoms with van der Waals surface area (Å²) in [6, 6.07) is 1.75. The van der Waals surface area contributed by atoms with Crippen LogP contribution in [0.1, 0.15) is 50.3 Å². The Kier molecular flexibility index (Phi) is 8.83. The molecule has 1 amide bonds. The standard InChI is InChI=1S/C10H16N4O2.2C2H6/c1-12-4-3-5-14-8(7-12)6-9(11-14)10(15)13(2)16;2*1-2/h6,16H,3-5,7H2,1-2H3;2*1-2H3. The highest BCUT2D eigenvalue weighted by Gasteiger charge is 2.19. The fourth-order valence-corrected chi connectivity index (χ4v) is 1.89. The Morgan fingerprint density at radius 3 is 2.45 bits per heavy atom. The van der Waals surface area contributed by atoms with E-state index >= 15 is 0 Å². The van der Waals surface area contributed by atoms with Crippen LogP contribution in [0.15, 0.2) is 6.07 Å². The highest BCUT2D eigenvalue weighted by atomic mass is 16.5. The van der Waals surface area contributed by atoms with Gasteiger partial charge in [0.05, 0.1) is 5.69 Å². The molecule has 0 bridgehead atoms. The molecule has 1 N–H and O–H groups in total. The molecule has 6 heteroatoms. The van der Waals surface area contributed by atoms with Gasteiger partial charge >= 0.3 is 0 Å². The van der Waals surface area contributed by atoms with Crippen molar-refractivity contribution in [2.24, 2.45) is 0 Å². The van der Waals surface area contributed by atoms with E-state index in [0.29, 0.717) is 10.8 Å². The first-order chi connectivity index (χ1) is 9.58. The Hall–Kier alpha value is -1.40. The number of nitrogens with zero attached hydrogens (tertiary/aromatic N) is 4. The molecule has 0 radical (unpaired) electrons. The van der Waals surface area contributed by atoms with Gasteiger partial charge in [-0.1, -0.05) is 27.7 Å². The minimum Gasteiger partial charge on any atom is -0.300 e. The van der Waals surface area contributed by atoms with E-state index in [1.165, 1.54) is 7.05 Å². The zero-order valence-electron chi connectivity index (χ0n) is 13.6. The van der Waals surface area contributed by atoms with Crippen LogP contribution in [0.2, 0.25) is 0 Å². The van der Waals surface area contributed by atoms with E-state index in [2.05, 4.69) is 10.00 Å². The predicted molar refractivity (Wildman–Crippen MR) is 79.8 cm³/mol. The average molecular weight is 284 g/mol. The first-order valence-electron chi connectivity index (χ1n) is 7.30. The lowest BCUT2D eigenvalue weighted by atomic mass is 10.3. The maximum atomic E-state index is 11.5. The number of carbonyl (C=O) groups excluding carboxylic acids is 1. The maximum absolute atomic E-state index is 11.5. The van der Waals surface area contributed by atoms with Crippen LogP contribution in [0.3, 0.4) is 0 Å². The van der Waals surface area contributed by atoms with Crippen LogP contribution in [-0.4, -0.2) is 51.5 Å². The molecule has 6 nitrogen and oxygen atoms in total. The minimum atomic E-state index is -0.469. The highest BCUT2D eigenvalue weighted by Crippen LogP contribution is 2.13. The van der Waals surface area contributed by atoms with Crippen molar-refractivity contribution < 1.29 is 10.0 Å². The van der Waals surface area contributed by atoms with E-state index in [1.54, 1.807) is 6.07 Å². The number of rotatable bonds is 1. The van der Waals surface area contributed by atoms with E-state index in [9.17, 15) is 4.79 Å². The van der Waals surface area contributed by atoms with Crippen molar-refractivity contribution in [3.63, 3.8) is 0 Å². The molecule has 0 unspecified atom stereocenters. The van der Waals surface area contributed by atoms with Gasteiger partial charge in [-0.2, -0.15) is 5.10 Å². The summed E-state index contributed by atoms with van der Waals surface area (Å²) in [6.07, 6.45) is 1.02. The topological polar surface area (TPSA) is 61.6 Å². The molecule has 0 saturated carbocycles. The van der Waals surface area contributed by atoms with E-state index in [4.69, 9.17) is 5.21 Å². The van der Waals surface area contributed by atoms with Gasteiger partial charge in [0.1, 0.15) is 0 Å². The normalized spacial score (nSPS) is 13.9. The van der Waals surface area contributed by atoms with Gasteiger partial charge in [-0.25, -0.2) is 5.06 Å². The molecular weight excluding hydrogens is 256 g/mol. The SMILES string of the molecule is CC.CC.CN1CCCn2nc(C(=O)N(C)O)cc2C1. The number of hydroxylamine groups is 2. The monoisotopic (exact) mass is 284 g/mol. The molecule has 0 aromatic carbocycles. The van der Waals surface area contributed by atoms with Crippen molar-refractivity contribution in [1.82, 2.24) is 19.7 Å². The zero-order chi connectivity index (χ0) is 15.7. The number of aromatic nitrogens is 2. The van der Waals surface area contributed by atoms with Crippen LogP contribution < -0.4 is 0 Å². The van der Waals surface area contributed by atoms with Crippen molar-refractivity contribution in [2.75, 3.05) is 20.6 Å². The van der Waals surface area contributed by atoms with E-state index in [1.807, 2.05) is 39.4 Å². The van der Waals surface area contributed by atoms with Gasteiger partial charge in [0.25, 0.3) is 5.91 Å². The summed E-state index contributed by atoms with van der Waals surface area (Å²) in [4.78, 5) is 13.7. The van der Waals surface area contributed by atoms with Crippen LogP contribution in [0.25, 0.3) is 0 Å². The smallest absolute Gasteiger partial charge is 0.297 e. The summed E-state index contributed by atoms with van der Waals surface area (Å²) in [5.41, 5.74) is 1.32. The first-order valence-corrected chi connectivity index (χ1v) is 7.30. The number of hydrogen-bond donors (Lipinski definition) is 1. The lowest BCUT2D eigenvalue weighted by Gasteiger charge is -2.10. The summed E-state index contributed by atoms with van der Waals surface area (Å²) in [5, 5.41) is 13.8. The largest absolute Gasteiger partial charge is 0.300 e. The molecule has 1 aliphatic heterocycles. The van der Waals surface area contributed by atoms with Crippen molar-refractivity contribution in [3.05, 3.63) is 17.5 Å². The summed E-state index contributed by atoms with van der Waals surface area (Å²) in [5.74, 6) is -0.469. The summed E-state index contributed by atoms with van der Waals surface area (Å²) >= 11 is 0. The van der Waals surface area contributed by atoms with Crippen LogP contribution in [-0.2, 0) is 13.1 Å². The van der Waals surface area contributed by atoms with Crippen LogP contribution in [0.4, 0.5) is 0 Å². The van der Waals surface area contributed by atoms with Gasteiger partial charge < -0.3 is 4.90 Å². The molecule has 116 valence electrons. The van der Waals surface area contributed by atoms with Crippen LogP contribution in [0.5, 0.6) is 0 Å². The van der Waals surface area contributed by atoms with Crippen molar-refractivity contribution >= 4 is 5.91 Å². The molecular formula is C14H28N4O2. The average Bonchev–Trinajstić information content (AvgIpc) is 2.77. The van der Waals surface area contributed by atoms with Crippen LogP contribution in [0, 0.1) is 0 Å². The zero-order valence-corrected chi connectivity index (χ0v) is 13.6. The van der Waals surface area contributed by atoms with E-state index < -0.39 is 5.91 Å². The molecule has 0 fully saturated rings. The second-order valence-electron chi connectivity index (χ2n) is 4.16. The molecule has 2 rings (SSSR count). The number of aryl methyl sites for hydroxylation is 1. The molecule has 0 saturated heterocycles. The first kappa shape index (κ1) is 18.6. The maximum Gasteiger partial charge on any atom is 0.297 e. The highest BCUT2D eigenvalue weighted by molar-refractivity contribution is 5.91. The Bertz CT molecular complexity index is 402. The van der Waals surface area contributed by atoms with Gasteiger partial charge in [0.2, 0.25) is 0 Å². The number of fused-ring (bicyclic) bond motifs is 1. The van der Waals surface area contributed by atoms with E-state index in [0.717, 1.165) is 31.7 Å². The molecule has 2 heterocycles. The van der Waals surface area contributed by atoms with Crippen molar-refractivity contribution in [1.29, 1.82) is 0 Å². The van der Waals surface area contributed by atoms with Gasteiger partial charge in [-0.05, 0) is 19.5 Å². The van der Waals surface area contributed by atoms with Crippen molar-refractivity contribution in [2.45, 2.75) is 47.2 Å². The number of hydrogen-bond acceptors (Lipinski definition) is 4. The molecule has 1 aliphatic rings. The molecule has 1 aromatic rings. The predicted octanol–water partition coefficient (Wildman–Crippen LogP) is 2.23. The summed E-state index contributed by atoms with van der Waals surface area (Å²) in [7, 11) is 3.35. The fraction of sp³-hybridized carbons (Fsp3) is 0.714. The second-order valence-corrected chi connectivity index (χ2v) is 4.16. The summed E-state index contributed by atoms with van der Waals surface area (Å²) in [6.45, 7) is 10.6. The molecule has 0 atom stereocenters. The third-order valence-corrected chi connectivity index (χ3v) is 2.72. The second kappa shape index (κ2) is 9.50. The number of amides is 1. The molecule has 0 aliphatic carbocycles. The Morgan fingerprint density at radius 2 is 1.90 bits per heavy atom. The van der Waals surface area contributed by atoms with Gasteiger partial charge in [0.15, 0.2) is 5.69 Å². The van der Waals surface area contributed by atoms with Crippen LogP contribution >= 0.6 is 0 Å². The Labute approximate surface area is 121 Å². The van der Waals surface area contributed by atoms with E-state index in [-0.39, 0.29) is 0 Å². The van der Waals surface area contributed by atoms with Gasteiger partial charge in [0, 0.05) is 26.7 Å². The Morgan fingerprint density at radius 1 is 1.30 bits per heavy atom. The fourth-order valence-electron chi connectivity index (χ4n) is 1.89. The third-order valence-electron chi connectivity index (χ3n) is 2.72. The minimum absolute atomic E-state index is 0.301. The Balaban J connectivity index is 0.000000829. The molecule has 0 spiro atoms.